The van der Waals surface area contributed by atoms with E-state index in [-0.39, 0.29) is 30.0 Å². The van der Waals surface area contributed by atoms with E-state index in [0.717, 1.165) is 18.4 Å². The molecule has 0 bridgehead atoms. The van der Waals surface area contributed by atoms with Crippen LogP contribution in [0.15, 0.2) is 18.2 Å². The standard InChI is InChI=1S/C14H20N2O4/c1-4-11(5-2)15-14(17)9-20-13-7-6-10(3)8-12(13)16(18)19/h6-8,11H,4-5,9H2,1-3H3,(H,15,17). The number of hydrogen-bond acceptors (Lipinski definition) is 4. The molecule has 1 rings (SSSR count). The first-order valence-corrected chi connectivity index (χ1v) is 6.65. The molecule has 0 spiro atoms. The summed E-state index contributed by atoms with van der Waals surface area (Å²) in [6, 6.07) is 4.76. The van der Waals surface area contributed by atoms with Crippen LogP contribution in [0, 0.1) is 17.0 Å². The van der Waals surface area contributed by atoms with Gasteiger partial charge in [0.05, 0.1) is 4.92 Å². The number of nitro groups is 1. The molecule has 0 aliphatic heterocycles. The van der Waals surface area contributed by atoms with Gasteiger partial charge in [-0.3, -0.25) is 14.9 Å². The summed E-state index contributed by atoms with van der Waals surface area (Å²) in [5.41, 5.74) is 0.644. The number of nitro benzene ring substituents is 1. The Morgan fingerprint density at radius 2 is 2.05 bits per heavy atom. The van der Waals surface area contributed by atoms with E-state index in [4.69, 9.17) is 4.74 Å². The summed E-state index contributed by atoms with van der Waals surface area (Å²) >= 11 is 0. The van der Waals surface area contributed by atoms with E-state index in [1.807, 2.05) is 13.8 Å². The molecule has 1 aromatic carbocycles. The predicted molar refractivity (Wildman–Crippen MR) is 75.8 cm³/mol. The third kappa shape index (κ3) is 4.53. The minimum atomic E-state index is -0.513. The van der Waals surface area contributed by atoms with Gasteiger partial charge in [0.15, 0.2) is 12.4 Å². The van der Waals surface area contributed by atoms with Gasteiger partial charge in [-0.2, -0.15) is 0 Å². The molecule has 0 saturated heterocycles. The fourth-order valence-electron chi connectivity index (χ4n) is 1.80. The number of ether oxygens (including phenoxy) is 1. The van der Waals surface area contributed by atoms with Crippen LogP contribution < -0.4 is 10.1 Å². The summed E-state index contributed by atoms with van der Waals surface area (Å²) in [5, 5.41) is 13.7. The molecule has 1 N–H and O–H groups in total. The molecule has 0 fully saturated rings. The summed E-state index contributed by atoms with van der Waals surface area (Å²) in [6.45, 7) is 5.51. The highest BCUT2D eigenvalue weighted by Gasteiger charge is 2.16. The highest BCUT2D eigenvalue weighted by Crippen LogP contribution is 2.27. The zero-order valence-electron chi connectivity index (χ0n) is 12.0. The quantitative estimate of drug-likeness (QED) is 0.614. The zero-order valence-corrected chi connectivity index (χ0v) is 12.0. The van der Waals surface area contributed by atoms with E-state index >= 15 is 0 Å². The lowest BCUT2D eigenvalue weighted by Gasteiger charge is -2.15. The molecule has 0 aliphatic rings. The lowest BCUT2D eigenvalue weighted by molar-refractivity contribution is -0.385. The van der Waals surface area contributed by atoms with Crippen molar-refractivity contribution in [3.05, 3.63) is 33.9 Å². The molecular weight excluding hydrogens is 260 g/mol. The number of aryl methyl sites for hydroxylation is 1. The molecule has 6 heteroatoms. The van der Waals surface area contributed by atoms with Crippen LogP contribution in [0.1, 0.15) is 32.3 Å². The number of amides is 1. The Balaban J connectivity index is 2.66. The number of carbonyl (C=O) groups is 1. The molecule has 0 aliphatic carbocycles. The Hall–Kier alpha value is -2.11. The van der Waals surface area contributed by atoms with Crippen LogP contribution in [0.5, 0.6) is 5.75 Å². The maximum absolute atomic E-state index is 11.7. The fourth-order valence-corrected chi connectivity index (χ4v) is 1.80. The van der Waals surface area contributed by atoms with Crippen molar-refractivity contribution in [3.63, 3.8) is 0 Å². The van der Waals surface area contributed by atoms with Gasteiger partial charge in [-0.05, 0) is 31.4 Å². The van der Waals surface area contributed by atoms with Gasteiger partial charge < -0.3 is 10.1 Å². The van der Waals surface area contributed by atoms with E-state index in [9.17, 15) is 14.9 Å². The van der Waals surface area contributed by atoms with Crippen molar-refractivity contribution in [2.75, 3.05) is 6.61 Å². The van der Waals surface area contributed by atoms with Crippen LogP contribution in [0.25, 0.3) is 0 Å². The Kier molecular flexibility index (Phi) is 5.96. The van der Waals surface area contributed by atoms with Crippen molar-refractivity contribution in [3.8, 4) is 5.75 Å². The van der Waals surface area contributed by atoms with Crippen molar-refractivity contribution in [2.24, 2.45) is 0 Å². The molecule has 0 unspecified atom stereocenters. The molecule has 20 heavy (non-hydrogen) atoms. The minimum absolute atomic E-state index is 0.110. The summed E-state index contributed by atoms with van der Waals surface area (Å²) in [4.78, 5) is 22.1. The van der Waals surface area contributed by atoms with E-state index in [2.05, 4.69) is 5.32 Å². The first-order valence-electron chi connectivity index (χ1n) is 6.65. The molecule has 0 heterocycles. The van der Waals surface area contributed by atoms with Gasteiger partial charge in [0.25, 0.3) is 5.91 Å². The van der Waals surface area contributed by atoms with E-state index in [0.29, 0.717) is 0 Å². The van der Waals surface area contributed by atoms with Gasteiger partial charge in [-0.15, -0.1) is 0 Å². The monoisotopic (exact) mass is 280 g/mol. The molecular formula is C14H20N2O4. The maximum atomic E-state index is 11.7. The first-order chi connectivity index (χ1) is 9.47. The largest absolute Gasteiger partial charge is 0.477 e. The SMILES string of the molecule is CCC(CC)NC(=O)COc1ccc(C)cc1[N+](=O)[O-]. The number of rotatable bonds is 7. The fraction of sp³-hybridized carbons (Fsp3) is 0.500. The van der Waals surface area contributed by atoms with Gasteiger partial charge in [0.1, 0.15) is 0 Å². The number of benzene rings is 1. The Bertz CT molecular complexity index is 484. The Labute approximate surface area is 118 Å². The minimum Gasteiger partial charge on any atom is -0.477 e. The zero-order chi connectivity index (χ0) is 15.1. The van der Waals surface area contributed by atoms with Crippen molar-refractivity contribution in [2.45, 2.75) is 39.7 Å². The Morgan fingerprint density at radius 1 is 1.40 bits per heavy atom. The normalized spacial score (nSPS) is 10.4. The van der Waals surface area contributed by atoms with E-state index in [1.165, 1.54) is 12.1 Å². The predicted octanol–water partition coefficient (Wildman–Crippen LogP) is 2.59. The molecule has 6 nitrogen and oxygen atoms in total. The van der Waals surface area contributed by atoms with Crippen molar-refractivity contribution in [1.82, 2.24) is 5.32 Å². The third-order valence-corrected chi connectivity index (χ3v) is 3.02. The van der Waals surface area contributed by atoms with Gasteiger partial charge >= 0.3 is 5.69 Å². The van der Waals surface area contributed by atoms with Crippen molar-refractivity contribution < 1.29 is 14.5 Å². The topological polar surface area (TPSA) is 81.5 Å². The van der Waals surface area contributed by atoms with Crippen LogP contribution >= 0.6 is 0 Å². The first kappa shape index (κ1) is 15.9. The van der Waals surface area contributed by atoms with Crippen LogP contribution in [-0.2, 0) is 4.79 Å². The summed E-state index contributed by atoms with van der Waals surface area (Å²) in [7, 11) is 0. The van der Waals surface area contributed by atoms with Crippen LogP contribution in [0.4, 0.5) is 5.69 Å². The molecule has 0 radical (unpaired) electrons. The van der Waals surface area contributed by atoms with Gasteiger partial charge in [-0.1, -0.05) is 19.9 Å². The molecule has 110 valence electrons. The lowest BCUT2D eigenvalue weighted by Crippen LogP contribution is -2.37. The van der Waals surface area contributed by atoms with Crippen LogP contribution in [0.3, 0.4) is 0 Å². The molecule has 0 atom stereocenters. The van der Waals surface area contributed by atoms with E-state index < -0.39 is 4.92 Å². The molecule has 1 amide bonds. The summed E-state index contributed by atoms with van der Waals surface area (Å²) < 4.78 is 5.25. The summed E-state index contributed by atoms with van der Waals surface area (Å²) in [5.74, 6) is -0.158. The molecule has 1 aromatic rings. The van der Waals surface area contributed by atoms with Gasteiger partial charge in [0.2, 0.25) is 0 Å². The van der Waals surface area contributed by atoms with Gasteiger partial charge in [-0.25, -0.2) is 0 Å². The second-order valence-corrected chi connectivity index (χ2v) is 4.60. The number of nitrogens with one attached hydrogen (secondary N) is 1. The molecule has 0 saturated carbocycles. The Morgan fingerprint density at radius 3 is 2.60 bits per heavy atom. The summed E-state index contributed by atoms with van der Waals surface area (Å²) in [6.07, 6.45) is 1.68. The molecule has 0 aromatic heterocycles. The second-order valence-electron chi connectivity index (χ2n) is 4.60. The van der Waals surface area contributed by atoms with Crippen LogP contribution in [0.2, 0.25) is 0 Å². The lowest BCUT2D eigenvalue weighted by atomic mass is 10.2. The van der Waals surface area contributed by atoms with Crippen molar-refractivity contribution >= 4 is 11.6 Å². The second kappa shape index (κ2) is 7.47. The average Bonchev–Trinajstić information content (AvgIpc) is 2.43. The smallest absolute Gasteiger partial charge is 0.311 e. The number of carbonyl (C=O) groups excluding carboxylic acids is 1. The average molecular weight is 280 g/mol. The number of nitrogens with zero attached hydrogens (tertiary/aromatic N) is 1. The maximum Gasteiger partial charge on any atom is 0.311 e. The van der Waals surface area contributed by atoms with Crippen molar-refractivity contribution in [1.29, 1.82) is 0 Å². The highest BCUT2D eigenvalue weighted by atomic mass is 16.6. The third-order valence-electron chi connectivity index (χ3n) is 3.02. The van der Waals surface area contributed by atoms with Gasteiger partial charge in [0, 0.05) is 12.1 Å². The number of hydrogen-bond donors (Lipinski definition) is 1. The van der Waals surface area contributed by atoms with E-state index in [1.54, 1.807) is 13.0 Å². The van der Waals surface area contributed by atoms with Crippen LogP contribution in [-0.4, -0.2) is 23.5 Å². The highest BCUT2D eigenvalue weighted by molar-refractivity contribution is 5.78.